The summed E-state index contributed by atoms with van der Waals surface area (Å²) in [4.78, 5) is 28.0. The lowest BCUT2D eigenvalue weighted by Gasteiger charge is -2.15. The summed E-state index contributed by atoms with van der Waals surface area (Å²) in [5, 5.41) is 5.31. The summed E-state index contributed by atoms with van der Waals surface area (Å²) < 4.78 is 2.14. The van der Waals surface area contributed by atoms with Crippen LogP contribution < -0.4 is 10.6 Å². The number of carbonyl (C=O) groups is 2. The third-order valence-electron chi connectivity index (χ3n) is 3.20. The Balaban J connectivity index is 2.79. The van der Waals surface area contributed by atoms with Crippen LogP contribution in [-0.4, -0.2) is 33.3 Å². The van der Waals surface area contributed by atoms with Gasteiger partial charge in [0.05, 0.1) is 10.9 Å². The summed E-state index contributed by atoms with van der Waals surface area (Å²) in [6.07, 6.45) is 0. The first-order valence-electron chi connectivity index (χ1n) is 7.55. The largest absolute Gasteiger partial charge is 0.338 e. The smallest absolute Gasteiger partial charge is 0.321 e. The maximum absolute atomic E-state index is 12.0. The molecule has 1 atom stereocenters. The van der Waals surface area contributed by atoms with Gasteiger partial charge in [0, 0.05) is 18.8 Å². The van der Waals surface area contributed by atoms with Crippen LogP contribution in [0.2, 0.25) is 0 Å². The number of imide groups is 1. The minimum atomic E-state index is -0.460. The second kappa shape index (κ2) is 8.22. The van der Waals surface area contributed by atoms with Crippen LogP contribution in [0.3, 0.4) is 0 Å². The Kier molecular flexibility index (Phi) is 6.93. The van der Waals surface area contributed by atoms with E-state index >= 15 is 0 Å². The average Bonchev–Trinajstić information content (AvgIpc) is 2.66. The highest BCUT2D eigenvalue weighted by atomic mass is 32.2. The van der Waals surface area contributed by atoms with Gasteiger partial charge in [0.15, 0.2) is 5.16 Å². The van der Waals surface area contributed by atoms with Gasteiger partial charge in [-0.15, -0.1) is 0 Å². The van der Waals surface area contributed by atoms with Crippen LogP contribution in [0.1, 0.15) is 39.1 Å². The van der Waals surface area contributed by atoms with Crippen molar-refractivity contribution < 1.29 is 9.59 Å². The Morgan fingerprint density at radius 2 is 1.91 bits per heavy atom. The number of hydrogen-bond acceptors (Lipinski definition) is 4. The highest BCUT2D eigenvalue weighted by molar-refractivity contribution is 8.00. The molecule has 0 fully saturated rings. The van der Waals surface area contributed by atoms with Crippen LogP contribution in [0.5, 0.6) is 0 Å². The molecule has 0 spiro atoms. The summed E-state index contributed by atoms with van der Waals surface area (Å²) in [5.41, 5.74) is 2.09. The lowest BCUT2D eigenvalue weighted by molar-refractivity contribution is -0.119. The molecular weight excluding hydrogens is 300 g/mol. The zero-order valence-electron chi connectivity index (χ0n) is 14.2. The fourth-order valence-corrected chi connectivity index (χ4v) is 2.93. The molecule has 1 aromatic rings. The van der Waals surface area contributed by atoms with Gasteiger partial charge in [0.1, 0.15) is 0 Å². The van der Waals surface area contributed by atoms with Crippen LogP contribution in [0.25, 0.3) is 0 Å². The van der Waals surface area contributed by atoms with E-state index in [9.17, 15) is 9.59 Å². The number of carbonyl (C=O) groups excluding carboxylic acids is 2. The number of nitrogens with zero attached hydrogens (tertiary/aromatic N) is 2. The van der Waals surface area contributed by atoms with E-state index in [-0.39, 0.29) is 5.91 Å². The topological polar surface area (TPSA) is 76.0 Å². The molecule has 1 heterocycles. The fourth-order valence-electron chi connectivity index (χ4n) is 1.92. The van der Waals surface area contributed by atoms with Gasteiger partial charge in [0.25, 0.3) is 0 Å². The van der Waals surface area contributed by atoms with Crippen molar-refractivity contribution in [2.45, 2.75) is 58.5 Å². The molecule has 0 aliphatic heterocycles. The van der Waals surface area contributed by atoms with Gasteiger partial charge in [-0.1, -0.05) is 25.6 Å². The van der Waals surface area contributed by atoms with Crippen LogP contribution in [0.15, 0.2) is 5.16 Å². The van der Waals surface area contributed by atoms with E-state index in [0.29, 0.717) is 12.5 Å². The second-order valence-corrected chi connectivity index (χ2v) is 6.99. The maximum atomic E-state index is 12.0. The first-order valence-corrected chi connectivity index (χ1v) is 8.43. The van der Waals surface area contributed by atoms with E-state index < -0.39 is 11.3 Å². The van der Waals surface area contributed by atoms with Gasteiger partial charge in [-0.2, -0.15) is 0 Å². The lowest BCUT2D eigenvalue weighted by Crippen LogP contribution is -2.42. The van der Waals surface area contributed by atoms with Crippen molar-refractivity contribution in [1.82, 2.24) is 20.2 Å². The number of nitrogens with one attached hydrogen (secondary N) is 2. The Labute approximate surface area is 136 Å². The zero-order valence-corrected chi connectivity index (χ0v) is 15.0. The number of aryl methyl sites for hydroxylation is 1. The number of rotatable bonds is 6. The Bertz CT molecular complexity index is 540. The molecule has 6 nitrogen and oxygen atoms in total. The molecule has 0 saturated heterocycles. The van der Waals surface area contributed by atoms with Crippen LogP contribution in [0.4, 0.5) is 4.79 Å². The van der Waals surface area contributed by atoms with Gasteiger partial charge in [0.2, 0.25) is 5.91 Å². The molecule has 0 aromatic carbocycles. The fraction of sp³-hybridized carbons (Fsp3) is 0.667. The quantitative estimate of drug-likeness (QED) is 0.788. The average molecular weight is 326 g/mol. The Morgan fingerprint density at radius 3 is 2.45 bits per heavy atom. The van der Waals surface area contributed by atoms with Gasteiger partial charge in [-0.05, 0) is 33.6 Å². The van der Waals surface area contributed by atoms with E-state index in [1.54, 1.807) is 13.8 Å². The predicted molar refractivity (Wildman–Crippen MR) is 89.1 cm³/mol. The normalized spacial score (nSPS) is 12.3. The molecule has 3 amide bonds. The van der Waals surface area contributed by atoms with Crippen molar-refractivity contribution in [3.63, 3.8) is 0 Å². The Morgan fingerprint density at radius 1 is 1.27 bits per heavy atom. The van der Waals surface area contributed by atoms with E-state index in [1.807, 2.05) is 13.8 Å². The highest BCUT2D eigenvalue weighted by Gasteiger charge is 2.21. The number of imidazole rings is 1. The third kappa shape index (κ3) is 5.05. The molecule has 0 aliphatic carbocycles. The summed E-state index contributed by atoms with van der Waals surface area (Å²) in [6, 6.07) is -0.460. The molecule has 22 heavy (non-hydrogen) atoms. The minimum absolute atomic E-state index is 0.314. The third-order valence-corrected chi connectivity index (χ3v) is 4.29. The lowest BCUT2D eigenvalue weighted by atomic mass is 10.2. The summed E-state index contributed by atoms with van der Waals surface area (Å²) in [6.45, 7) is 13.2. The molecule has 1 rings (SSSR count). The molecule has 1 aromatic heterocycles. The molecule has 7 heteroatoms. The Hall–Kier alpha value is -1.50. The van der Waals surface area contributed by atoms with Crippen LogP contribution in [0, 0.1) is 19.8 Å². The summed E-state index contributed by atoms with van der Waals surface area (Å²) in [5.74, 6) is 0.177. The number of hydrogen-bond donors (Lipinski definition) is 2. The predicted octanol–water partition coefficient (Wildman–Crippen LogP) is 2.48. The van der Waals surface area contributed by atoms with Crippen molar-refractivity contribution in [2.75, 3.05) is 6.54 Å². The zero-order chi connectivity index (χ0) is 16.9. The monoisotopic (exact) mass is 326 g/mol. The molecule has 0 radical (unpaired) electrons. The first kappa shape index (κ1) is 18.5. The molecule has 0 bridgehead atoms. The van der Waals surface area contributed by atoms with Gasteiger partial charge < -0.3 is 9.88 Å². The highest BCUT2D eigenvalue weighted by Crippen LogP contribution is 2.26. The summed E-state index contributed by atoms with van der Waals surface area (Å²) in [7, 11) is 0. The molecule has 124 valence electrons. The number of thioether (sulfide) groups is 1. The van der Waals surface area contributed by atoms with Gasteiger partial charge >= 0.3 is 6.03 Å². The van der Waals surface area contributed by atoms with E-state index in [2.05, 4.69) is 34.0 Å². The second-order valence-electron chi connectivity index (χ2n) is 5.68. The standard InChI is InChI=1S/C15H26N4O2S/c1-7-16-14(21)18-13(20)12(6)22-15-17-10(4)11(5)19(15)8-9(2)3/h9,12H,7-8H2,1-6H3,(H2,16,18,20,21). The van der Waals surface area contributed by atoms with E-state index in [4.69, 9.17) is 0 Å². The first-order chi connectivity index (χ1) is 10.3. The minimum Gasteiger partial charge on any atom is -0.338 e. The maximum Gasteiger partial charge on any atom is 0.321 e. The summed E-state index contributed by atoms with van der Waals surface area (Å²) >= 11 is 1.38. The molecule has 0 saturated carbocycles. The van der Waals surface area contributed by atoms with Crippen LogP contribution >= 0.6 is 11.8 Å². The van der Waals surface area contributed by atoms with Crippen molar-refractivity contribution in [2.24, 2.45) is 5.92 Å². The van der Waals surface area contributed by atoms with Crippen LogP contribution in [-0.2, 0) is 11.3 Å². The number of aromatic nitrogens is 2. The molecule has 1 unspecified atom stereocenters. The van der Waals surface area contributed by atoms with Gasteiger partial charge in [-0.3, -0.25) is 10.1 Å². The molecule has 2 N–H and O–H groups in total. The van der Waals surface area contributed by atoms with Gasteiger partial charge in [-0.25, -0.2) is 9.78 Å². The molecule has 0 aliphatic rings. The molecular formula is C15H26N4O2S. The number of amides is 3. The van der Waals surface area contributed by atoms with Crippen molar-refractivity contribution in [3.8, 4) is 0 Å². The van der Waals surface area contributed by atoms with E-state index in [1.165, 1.54) is 11.8 Å². The van der Waals surface area contributed by atoms with Crippen molar-refractivity contribution >= 4 is 23.7 Å². The van der Waals surface area contributed by atoms with E-state index in [0.717, 1.165) is 23.1 Å². The van der Waals surface area contributed by atoms with Crippen molar-refractivity contribution in [3.05, 3.63) is 11.4 Å². The SMILES string of the molecule is CCNC(=O)NC(=O)C(C)Sc1nc(C)c(C)n1CC(C)C. The van der Waals surface area contributed by atoms with Crippen molar-refractivity contribution in [1.29, 1.82) is 0 Å². The number of urea groups is 1.